The SMILES string of the molecule is C=CCCC(=O)N(C)[C@H](C)[C@H](OC(=O)[C@@H]1[C@H]2O[C@@]3(CC2Br)[C@H](C(=O)N(CC=C)C(C)C)N(CCCCCCO)C(=O)[C@@H]13)c1ccccc1. The van der Waals surface area contributed by atoms with E-state index in [1.54, 1.807) is 33.9 Å². The van der Waals surface area contributed by atoms with Crippen LogP contribution < -0.4 is 0 Å². The van der Waals surface area contributed by atoms with Gasteiger partial charge in [0.15, 0.2) is 0 Å². The maximum atomic E-state index is 14.5. The van der Waals surface area contributed by atoms with Gasteiger partial charge in [-0.1, -0.05) is 71.3 Å². The van der Waals surface area contributed by atoms with E-state index in [-0.39, 0.29) is 41.6 Å². The number of likely N-dealkylation sites (N-methyl/N-ethyl adjacent to an activating group) is 1. The first-order valence-electron chi connectivity index (χ1n) is 17.2. The Kier molecular flexibility index (Phi) is 13.1. The summed E-state index contributed by atoms with van der Waals surface area (Å²) >= 11 is 3.75. The maximum Gasteiger partial charge on any atom is 0.313 e. The highest BCUT2D eigenvalue weighted by Crippen LogP contribution is 2.60. The number of likely N-dealkylation sites (tertiary alicyclic amines) is 1. The lowest BCUT2D eigenvalue weighted by Crippen LogP contribution is -2.58. The first kappa shape index (κ1) is 37.8. The van der Waals surface area contributed by atoms with Crippen molar-refractivity contribution in [3.8, 4) is 0 Å². The molecule has 1 aromatic rings. The number of carbonyl (C=O) groups is 4. The lowest BCUT2D eigenvalue weighted by molar-refractivity contribution is -0.164. The first-order valence-corrected chi connectivity index (χ1v) is 18.1. The lowest BCUT2D eigenvalue weighted by Gasteiger charge is -2.38. The molecule has 4 rings (SSSR count). The number of alkyl halides is 1. The van der Waals surface area contributed by atoms with Crippen molar-refractivity contribution in [2.24, 2.45) is 11.8 Å². The number of carbonyl (C=O) groups excluding carboxylic acids is 4. The number of allylic oxidation sites excluding steroid dienone is 1. The Balaban J connectivity index is 1.69. The van der Waals surface area contributed by atoms with E-state index in [2.05, 4.69) is 29.1 Å². The molecule has 0 radical (unpaired) electrons. The second kappa shape index (κ2) is 16.6. The summed E-state index contributed by atoms with van der Waals surface area (Å²) in [7, 11) is 1.70. The second-order valence-electron chi connectivity index (χ2n) is 13.5. The van der Waals surface area contributed by atoms with Gasteiger partial charge >= 0.3 is 5.97 Å². The van der Waals surface area contributed by atoms with Gasteiger partial charge in [-0.2, -0.15) is 0 Å². The highest BCUT2D eigenvalue weighted by atomic mass is 79.9. The molecule has 8 atom stereocenters. The van der Waals surface area contributed by atoms with Crippen LogP contribution in [0.1, 0.15) is 77.4 Å². The molecule has 0 aliphatic carbocycles. The molecule has 2 bridgehead atoms. The largest absolute Gasteiger partial charge is 0.455 e. The zero-order chi connectivity index (χ0) is 35.2. The molecule has 3 aliphatic heterocycles. The number of aliphatic hydroxyl groups excluding tert-OH is 1. The third-order valence-electron chi connectivity index (χ3n) is 10.2. The van der Waals surface area contributed by atoms with Crippen LogP contribution in [0.25, 0.3) is 0 Å². The summed E-state index contributed by atoms with van der Waals surface area (Å²) in [5, 5.41) is 9.23. The summed E-state index contributed by atoms with van der Waals surface area (Å²) in [6.07, 6.45) is 6.02. The molecular weight excluding hydrogens is 678 g/mol. The van der Waals surface area contributed by atoms with Crippen LogP contribution in [0.15, 0.2) is 55.6 Å². The van der Waals surface area contributed by atoms with E-state index < -0.39 is 47.7 Å². The normalized spacial score (nSPS) is 27.0. The van der Waals surface area contributed by atoms with Crippen molar-refractivity contribution < 1.29 is 33.8 Å². The molecule has 3 saturated heterocycles. The zero-order valence-corrected chi connectivity index (χ0v) is 30.3. The van der Waals surface area contributed by atoms with Crippen LogP contribution >= 0.6 is 15.9 Å². The van der Waals surface area contributed by atoms with Crippen molar-refractivity contribution in [2.45, 2.75) is 106 Å². The Labute approximate surface area is 293 Å². The van der Waals surface area contributed by atoms with E-state index in [1.165, 1.54) is 0 Å². The average Bonchev–Trinajstić information content (AvgIpc) is 3.67. The molecule has 0 aromatic heterocycles. The molecule has 3 heterocycles. The first-order chi connectivity index (χ1) is 22.9. The van der Waals surface area contributed by atoms with Gasteiger partial charge in [-0.25, -0.2) is 0 Å². The third kappa shape index (κ3) is 7.43. The number of benzene rings is 1. The van der Waals surface area contributed by atoms with Gasteiger partial charge in [-0.15, -0.1) is 13.2 Å². The molecule has 0 saturated carbocycles. The molecule has 1 unspecified atom stereocenters. The number of aliphatic hydroxyl groups is 1. The predicted molar refractivity (Wildman–Crippen MR) is 187 cm³/mol. The fourth-order valence-electron chi connectivity index (χ4n) is 7.64. The molecule has 1 N–H and O–H groups in total. The quantitative estimate of drug-likeness (QED) is 0.0999. The summed E-state index contributed by atoms with van der Waals surface area (Å²) in [5.41, 5.74) is -0.482. The van der Waals surface area contributed by atoms with Crippen LogP contribution in [-0.2, 0) is 28.7 Å². The van der Waals surface area contributed by atoms with Crippen molar-refractivity contribution in [2.75, 3.05) is 26.7 Å². The Morgan fingerprint density at radius 1 is 1.12 bits per heavy atom. The lowest BCUT2D eigenvalue weighted by atomic mass is 9.70. The Bertz CT molecular complexity index is 1330. The fraction of sp³-hybridized carbons (Fsp3) is 0.622. The fourth-order valence-corrected chi connectivity index (χ4v) is 8.58. The number of hydrogen-bond acceptors (Lipinski definition) is 7. The van der Waals surface area contributed by atoms with Crippen LogP contribution in [0.4, 0.5) is 0 Å². The highest BCUT2D eigenvalue weighted by molar-refractivity contribution is 9.09. The van der Waals surface area contributed by atoms with Crippen molar-refractivity contribution in [1.29, 1.82) is 0 Å². The number of hydrogen-bond donors (Lipinski definition) is 1. The van der Waals surface area contributed by atoms with Gasteiger partial charge in [0.05, 0.1) is 24.0 Å². The minimum absolute atomic E-state index is 0.0988. The van der Waals surface area contributed by atoms with Gasteiger partial charge in [0.1, 0.15) is 17.7 Å². The number of esters is 1. The van der Waals surface area contributed by atoms with Crippen LogP contribution in [0.2, 0.25) is 0 Å². The molecular formula is C37H52BrN3O7. The maximum absolute atomic E-state index is 14.5. The molecule has 48 heavy (non-hydrogen) atoms. The summed E-state index contributed by atoms with van der Waals surface area (Å²) in [4.78, 5) is 61.0. The predicted octanol–water partition coefficient (Wildman–Crippen LogP) is 4.81. The van der Waals surface area contributed by atoms with E-state index in [0.29, 0.717) is 38.8 Å². The second-order valence-corrected chi connectivity index (χ2v) is 14.7. The van der Waals surface area contributed by atoms with Gasteiger partial charge < -0.3 is 29.3 Å². The Morgan fingerprint density at radius 2 is 1.81 bits per heavy atom. The number of unbranched alkanes of at least 4 members (excludes halogenated alkanes) is 3. The number of rotatable bonds is 18. The van der Waals surface area contributed by atoms with Crippen LogP contribution in [-0.4, -0.2) is 105 Å². The van der Waals surface area contributed by atoms with E-state index in [1.807, 2.05) is 51.1 Å². The van der Waals surface area contributed by atoms with E-state index in [4.69, 9.17) is 9.47 Å². The Hall–Kier alpha value is -3.02. The van der Waals surface area contributed by atoms with Crippen LogP contribution in [0, 0.1) is 11.8 Å². The molecule has 10 nitrogen and oxygen atoms in total. The molecule has 3 aliphatic rings. The van der Waals surface area contributed by atoms with Crippen molar-refractivity contribution >= 4 is 39.6 Å². The number of ether oxygens (including phenoxy) is 2. The summed E-state index contributed by atoms with van der Waals surface area (Å²) in [5.74, 6) is -3.02. The van der Waals surface area contributed by atoms with Crippen molar-refractivity contribution in [3.05, 3.63) is 61.2 Å². The molecule has 264 valence electrons. The highest BCUT2D eigenvalue weighted by Gasteiger charge is 2.77. The van der Waals surface area contributed by atoms with Gasteiger partial charge in [-0.05, 0) is 52.0 Å². The van der Waals surface area contributed by atoms with E-state index in [9.17, 15) is 24.3 Å². The van der Waals surface area contributed by atoms with Gasteiger partial charge in [0.25, 0.3) is 0 Å². The van der Waals surface area contributed by atoms with Crippen LogP contribution in [0.3, 0.4) is 0 Å². The number of halogens is 1. The summed E-state index contributed by atoms with van der Waals surface area (Å²) in [6.45, 7) is 14.0. The Morgan fingerprint density at radius 3 is 2.44 bits per heavy atom. The molecule has 1 aromatic carbocycles. The van der Waals surface area contributed by atoms with Crippen molar-refractivity contribution in [1.82, 2.24) is 14.7 Å². The smallest absolute Gasteiger partial charge is 0.313 e. The van der Waals surface area contributed by atoms with Crippen molar-refractivity contribution in [3.63, 3.8) is 0 Å². The molecule has 1 spiro atoms. The number of nitrogens with zero attached hydrogens (tertiary/aromatic N) is 3. The minimum Gasteiger partial charge on any atom is -0.455 e. The number of fused-ring (bicyclic) bond motifs is 1. The average molecular weight is 731 g/mol. The number of amides is 3. The zero-order valence-electron chi connectivity index (χ0n) is 28.8. The molecule has 11 heteroatoms. The topological polar surface area (TPSA) is 117 Å². The molecule has 3 fully saturated rings. The van der Waals surface area contributed by atoms with Crippen LogP contribution in [0.5, 0.6) is 0 Å². The third-order valence-corrected chi connectivity index (χ3v) is 11.1. The van der Waals surface area contributed by atoms with Gasteiger partial charge in [0, 0.05) is 44.0 Å². The summed E-state index contributed by atoms with van der Waals surface area (Å²) in [6, 6.07) is 7.73. The van der Waals surface area contributed by atoms with Gasteiger partial charge in [-0.3, -0.25) is 19.2 Å². The van der Waals surface area contributed by atoms with Gasteiger partial charge in [0.2, 0.25) is 17.7 Å². The minimum atomic E-state index is -1.21. The summed E-state index contributed by atoms with van der Waals surface area (Å²) < 4.78 is 13.0. The standard InChI is InChI=1S/C37H52BrN3O7/c1-7-9-19-28(43)39(6)25(5)31(26-17-13-12-14-18-26)47-36(46)29-30-34(44)41(21-15-10-11-16-22-42)33(35(45)40(20-8-2)24(3)4)37(30)23-27(38)32(29)48-37/h7-8,12-14,17-18,24-25,27,29-33,42H,1-2,9-11,15-16,19-23H2,3-6H3/t25-,27?,29+,30-,31+,32+,33+,37-/m1/s1. The van der Waals surface area contributed by atoms with E-state index >= 15 is 0 Å². The monoisotopic (exact) mass is 729 g/mol. The molecule has 3 amide bonds. The van der Waals surface area contributed by atoms with E-state index in [0.717, 1.165) is 18.4 Å².